The van der Waals surface area contributed by atoms with Gasteiger partial charge in [-0.05, 0) is 23.0 Å². The predicted molar refractivity (Wildman–Crippen MR) is 94.5 cm³/mol. The van der Waals surface area contributed by atoms with Crippen molar-refractivity contribution in [3.05, 3.63) is 47.2 Å². The molecule has 2 heterocycles. The molecule has 0 radical (unpaired) electrons. The van der Waals surface area contributed by atoms with Crippen LogP contribution in [-0.2, 0) is 19.5 Å². The lowest BCUT2D eigenvalue weighted by Crippen LogP contribution is -2.49. The minimum Gasteiger partial charge on any atom is -0.424 e. The Morgan fingerprint density at radius 2 is 1.96 bits per heavy atom. The number of nitrogens with one attached hydrogen (secondary N) is 1. The first-order chi connectivity index (χ1) is 11.4. The molecule has 0 fully saturated rings. The quantitative estimate of drug-likeness (QED) is 0.914. The molecule has 3 rings (SSSR count). The third-order valence-electron chi connectivity index (χ3n) is 4.76. The van der Waals surface area contributed by atoms with Gasteiger partial charge in [-0.3, -0.25) is 4.90 Å². The van der Waals surface area contributed by atoms with Crippen LogP contribution >= 0.6 is 0 Å². The maximum absolute atomic E-state index is 5.48. The summed E-state index contributed by atoms with van der Waals surface area (Å²) in [5, 5.41) is 11.6. The van der Waals surface area contributed by atoms with Crippen LogP contribution in [0.4, 0.5) is 0 Å². The molecule has 1 unspecified atom stereocenters. The van der Waals surface area contributed by atoms with Crippen molar-refractivity contribution in [1.29, 1.82) is 0 Å². The molecule has 0 aliphatic carbocycles. The van der Waals surface area contributed by atoms with Crippen molar-refractivity contribution in [2.24, 2.45) is 5.41 Å². The van der Waals surface area contributed by atoms with E-state index in [1.807, 2.05) is 6.92 Å². The van der Waals surface area contributed by atoms with Crippen LogP contribution in [0.15, 0.2) is 28.7 Å². The molecule has 2 aromatic rings. The first kappa shape index (κ1) is 17.1. The van der Waals surface area contributed by atoms with E-state index in [0.717, 1.165) is 26.1 Å². The summed E-state index contributed by atoms with van der Waals surface area (Å²) in [7, 11) is 0. The largest absolute Gasteiger partial charge is 0.424 e. The van der Waals surface area contributed by atoms with Crippen LogP contribution in [0.25, 0.3) is 0 Å². The summed E-state index contributed by atoms with van der Waals surface area (Å²) in [6, 6.07) is 9.14. The van der Waals surface area contributed by atoms with Gasteiger partial charge in [0.1, 0.15) is 0 Å². The van der Waals surface area contributed by atoms with E-state index in [9.17, 15) is 0 Å². The van der Waals surface area contributed by atoms with E-state index >= 15 is 0 Å². The van der Waals surface area contributed by atoms with Gasteiger partial charge >= 0.3 is 0 Å². The lowest BCUT2D eigenvalue weighted by molar-refractivity contribution is 0.158. The molecule has 1 atom stereocenters. The second-order valence-corrected chi connectivity index (χ2v) is 7.77. The van der Waals surface area contributed by atoms with Gasteiger partial charge in [0.2, 0.25) is 11.8 Å². The third-order valence-corrected chi connectivity index (χ3v) is 4.76. The van der Waals surface area contributed by atoms with E-state index < -0.39 is 0 Å². The molecule has 5 nitrogen and oxygen atoms in total. The molecule has 0 amide bonds. The van der Waals surface area contributed by atoms with Crippen molar-refractivity contribution < 1.29 is 4.42 Å². The lowest BCUT2D eigenvalue weighted by atomic mass is 9.85. The Kier molecular flexibility index (Phi) is 5.01. The van der Waals surface area contributed by atoms with Gasteiger partial charge in [-0.25, -0.2) is 0 Å². The van der Waals surface area contributed by atoms with E-state index in [4.69, 9.17) is 4.42 Å². The molecule has 0 spiro atoms. The third kappa shape index (κ3) is 4.22. The fraction of sp³-hybridized carbons (Fsp3) is 0.579. The monoisotopic (exact) mass is 328 g/mol. The predicted octanol–water partition coefficient (Wildman–Crippen LogP) is 2.94. The van der Waals surface area contributed by atoms with Crippen LogP contribution in [0.3, 0.4) is 0 Å². The van der Waals surface area contributed by atoms with Gasteiger partial charge in [0, 0.05) is 32.6 Å². The Morgan fingerprint density at radius 3 is 2.62 bits per heavy atom. The standard InChI is InChI=1S/C19H28N4O/c1-14-21-22-18(24-14)11-20-17(19(2,3)4)13-23-10-9-15-7-5-6-8-16(15)12-23/h5-8,17,20H,9-13H2,1-4H3. The van der Waals surface area contributed by atoms with Crippen LogP contribution in [0, 0.1) is 12.3 Å². The molecule has 0 saturated heterocycles. The summed E-state index contributed by atoms with van der Waals surface area (Å²) in [6.45, 7) is 12.4. The second kappa shape index (κ2) is 7.03. The van der Waals surface area contributed by atoms with Gasteiger partial charge in [-0.2, -0.15) is 0 Å². The molecule has 130 valence electrons. The molecular weight excluding hydrogens is 300 g/mol. The molecule has 1 aromatic heterocycles. The van der Waals surface area contributed by atoms with Crippen molar-refractivity contribution in [1.82, 2.24) is 20.4 Å². The fourth-order valence-corrected chi connectivity index (χ4v) is 3.23. The van der Waals surface area contributed by atoms with Crippen molar-refractivity contribution in [2.75, 3.05) is 13.1 Å². The molecule has 1 aliphatic rings. The summed E-state index contributed by atoms with van der Waals surface area (Å²) in [6.07, 6.45) is 1.13. The number of nitrogens with zero attached hydrogens (tertiary/aromatic N) is 3. The van der Waals surface area contributed by atoms with Crippen molar-refractivity contribution in [2.45, 2.75) is 53.2 Å². The minimum absolute atomic E-state index is 0.159. The molecule has 1 aliphatic heterocycles. The van der Waals surface area contributed by atoms with Gasteiger partial charge in [0.15, 0.2) is 0 Å². The lowest BCUT2D eigenvalue weighted by Gasteiger charge is -2.37. The van der Waals surface area contributed by atoms with Crippen LogP contribution in [0.1, 0.15) is 43.7 Å². The maximum Gasteiger partial charge on any atom is 0.230 e. The van der Waals surface area contributed by atoms with E-state index in [1.165, 1.54) is 11.1 Å². The zero-order valence-corrected chi connectivity index (χ0v) is 15.2. The van der Waals surface area contributed by atoms with Gasteiger partial charge in [-0.1, -0.05) is 45.0 Å². The Labute approximate surface area is 144 Å². The number of rotatable bonds is 5. The van der Waals surface area contributed by atoms with Gasteiger partial charge in [0.25, 0.3) is 0 Å². The van der Waals surface area contributed by atoms with E-state index in [2.05, 4.69) is 65.5 Å². The molecular formula is C19H28N4O. The number of benzene rings is 1. The molecule has 1 N–H and O–H groups in total. The highest BCUT2D eigenvalue weighted by molar-refractivity contribution is 5.29. The van der Waals surface area contributed by atoms with E-state index in [-0.39, 0.29) is 5.41 Å². The number of fused-ring (bicyclic) bond motifs is 1. The molecule has 1 aromatic carbocycles. The number of hydrogen-bond acceptors (Lipinski definition) is 5. The second-order valence-electron chi connectivity index (χ2n) is 7.77. The molecule has 0 saturated carbocycles. The van der Waals surface area contributed by atoms with Crippen molar-refractivity contribution in [3.8, 4) is 0 Å². The highest BCUT2D eigenvalue weighted by Gasteiger charge is 2.28. The normalized spacial score (nSPS) is 16.8. The van der Waals surface area contributed by atoms with E-state index in [1.54, 1.807) is 0 Å². The van der Waals surface area contributed by atoms with Crippen molar-refractivity contribution >= 4 is 0 Å². The summed E-state index contributed by atoms with van der Waals surface area (Å²) in [5.41, 5.74) is 3.12. The average Bonchev–Trinajstić information content (AvgIpc) is 2.95. The topological polar surface area (TPSA) is 54.2 Å². The first-order valence-corrected chi connectivity index (χ1v) is 8.73. The van der Waals surface area contributed by atoms with Crippen molar-refractivity contribution in [3.63, 3.8) is 0 Å². The van der Waals surface area contributed by atoms with Gasteiger partial charge in [0.05, 0.1) is 6.54 Å². The summed E-state index contributed by atoms with van der Waals surface area (Å²) < 4.78 is 5.48. The van der Waals surface area contributed by atoms with Crippen LogP contribution in [0.5, 0.6) is 0 Å². The molecule has 24 heavy (non-hydrogen) atoms. The van der Waals surface area contributed by atoms with Gasteiger partial charge < -0.3 is 9.73 Å². The Morgan fingerprint density at radius 1 is 1.21 bits per heavy atom. The zero-order chi connectivity index (χ0) is 17.2. The fourth-order valence-electron chi connectivity index (χ4n) is 3.23. The van der Waals surface area contributed by atoms with Crippen LogP contribution in [0.2, 0.25) is 0 Å². The van der Waals surface area contributed by atoms with Crippen LogP contribution < -0.4 is 5.32 Å². The smallest absolute Gasteiger partial charge is 0.230 e. The van der Waals surface area contributed by atoms with Crippen LogP contribution in [-0.4, -0.2) is 34.2 Å². The summed E-state index contributed by atoms with van der Waals surface area (Å²) >= 11 is 0. The Hall–Kier alpha value is -1.72. The number of aryl methyl sites for hydroxylation is 1. The minimum atomic E-state index is 0.159. The number of hydrogen-bond donors (Lipinski definition) is 1. The Balaban J connectivity index is 1.62. The summed E-state index contributed by atoms with van der Waals surface area (Å²) in [4.78, 5) is 2.55. The maximum atomic E-state index is 5.48. The average molecular weight is 328 g/mol. The number of aromatic nitrogens is 2. The molecule has 5 heteroatoms. The zero-order valence-electron chi connectivity index (χ0n) is 15.2. The first-order valence-electron chi connectivity index (χ1n) is 8.73. The highest BCUT2D eigenvalue weighted by Crippen LogP contribution is 2.24. The SMILES string of the molecule is Cc1nnc(CNC(CN2CCc3ccccc3C2)C(C)(C)C)o1. The molecule has 0 bridgehead atoms. The Bertz CT molecular complexity index is 674. The van der Waals surface area contributed by atoms with Gasteiger partial charge in [-0.15, -0.1) is 10.2 Å². The summed E-state index contributed by atoms with van der Waals surface area (Å²) in [5.74, 6) is 1.28. The van der Waals surface area contributed by atoms with E-state index in [0.29, 0.717) is 24.4 Å². The highest BCUT2D eigenvalue weighted by atomic mass is 16.4.